The second kappa shape index (κ2) is 9.88. The van der Waals surface area contributed by atoms with Gasteiger partial charge in [0.15, 0.2) is 5.82 Å². The lowest BCUT2D eigenvalue weighted by atomic mass is 9.96. The molecule has 1 atom stereocenters. The van der Waals surface area contributed by atoms with Crippen LogP contribution in [-0.2, 0) is 12.7 Å². The number of urea groups is 1. The maximum atomic E-state index is 14.5. The van der Waals surface area contributed by atoms with E-state index in [0.717, 1.165) is 12.1 Å². The fourth-order valence-electron chi connectivity index (χ4n) is 5.49. The molecule has 6 nitrogen and oxygen atoms in total. The van der Waals surface area contributed by atoms with E-state index in [-0.39, 0.29) is 48.3 Å². The van der Waals surface area contributed by atoms with Gasteiger partial charge in [-0.15, -0.1) is 0 Å². The molecule has 2 amide bonds. The lowest BCUT2D eigenvalue weighted by Gasteiger charge is -2.46. The zero-order valence-electron chi connectivity index (χ0n) is 20.4. The number of halogens is 6. The van der Waals surface area contributed by atoms with E-state index in [9.17, 15) is 31.1 Å². The topological polar surface area (TPSA) is 55.5 Å². The lowest BCUT2D eigenvalue weighted by molar-refractivity contribution is -0.138. The Labute approximate surface area is 214 Å². The van der Waals surface area contributed by atoms with Crippen LogP contribution in [0.15, 0.2) is 48.7 Å². The number of piperidine rings is 1. The standard InChI is InChI=1S/C26H25F6N5O/c1-15-19-13-33-34-24(19)36(14-16-5-2-3-7-20(16)26(30,31)32)25(38)37(15)17-9-11-35(12-10-17)22-18(23(28)29)6-4-8-21(22)27/h2-8,13,15,17,23H,9-12,14H2,1H3,(H,33,34)/t15-/m0/s1. The number of carbonyl (C=O) groups is 1. The number of amides is 2. The number of benzene rings is 2. The molecule has 5 rings (SSSR count). The molecule has 0 aliphatic carbocycles. The van der Waals surface area contributed by atoms with Crippen LogP contribution in [0.3, 0.4) is 0 Å². The number of para-hydroxylation sites is 1. The first-order chi connectivity index (χ1) is 18.1. The largest absolute Gasteiger partial charge is 0.416 e. The van der Waals surface area contributed by atoms with E-state index < -0.39 is 36.1 Å². The Kier molecular flexibility index (Phi) is 6.74. The van der Waals surface area contributed by atoms with E-state index in [1.165, 1.54) is 35.2 Å². The molecule has 2 aromatic carbocycles. The third-order valence-electron chi connectivity index (χ3n) is 7.30. The smallest absolute Gasteiger partial charge is 0.369 e. The van der Waals surface area contributed by atoms with Crippen LogP contribution in [0.4, 0.5) is 42.6 Å². The number of hydrogen-bond acceptors (Lipinski definition) is 3. The number of aromatic nitrogens is 2. The molecule has 0 unspecified atom stereocenters. The van der Waals surface area contributed by atoms with Crippen LogP contribution in [0.1, 0.15) is 54.5 Å². The SMILES string of the molecule is C[C@H]1c2c[nH]nc2N(Cc2ccccc2C(F)(F)F)C(=O)N1C1CCN(c2c(F)cccc2C(F)F)CC1. The highest BCUT2D eigenvalue weighted by Gasteiger charge is 2.43. The summed E-state index contributed by atoms with van der Waals surface area (Å²) < 4.78 is 82.5. The van der Waals surface area contributed by atoms with Gasteiger partial charge in [-0.25, -0.2) is 18.0 Å². The van der Waals surface area contributed by atoms with Gasteiger partial charge >= 0.3 is 12.2 Å². The fraction of sp³-hybridized carbons (Fsp3) is 0.385. The van der Waals surface area contributed by atoms with Gasteiger partial charge < -0.3 is 9.80 Å². The Morgan fingerprint density at radius 3 is 2.47 bits per heavy atom. The van der Waals surface area contributed by atoms with E-state index in [1.54, 1.807) is 16.0 Å². The van der Waals surface area contributed by atoms with Crippen molar-refractivity contribution >= 4 is 17.5 Å². The minimum absolute atomic E-state index is 0.0642. The van der Waals surface area contributed by atoms with Gasteiger partial charge in [-0.2, -0.15) is 18.3 Å². The van der Waals surface area contributed by atoms with Gasteiger partial charge in [0.05, 0.1) is 23.8 Å². The average Bonchev–Trinajstić information content (AvgIpc) is 3.37. The van der Waals surface area contributed by atoms with Gasteiger partial charge in [0.2, 0.25) is 0 Å². The summed E-state index contributed by atoms with van der Waals surface area (Å²) in [5.74, 6) is -0.470. The summed E-state index contributed by atoms with van der Waals surface area (Å²) in [6, 6.07) is 7.41. The number of carbonyl (C=O) groups excluding carboxylic acids is 1. The third kappa shape index (κ3) is 4.56. The molecule has 38 heavy (non-hydrogen) atoms. The summed E-state index contributed by atoms with van der Waals surface area (Å²) in [4.78, 5) is 18.2. The minimum atomic E-state index is -4.59. The second-order valence-electron chi connectivity index (χ2n) is 9.47. The van der Waals surface area contributed by atoms with Crippen LogP contribution < -0.4 is 9.80 Å². The van der Waals surface area contributed by atoms with Gasteiger partial charge in [-0.1, -0.05) is 30.3 Å². The molecule has 2 aliphatic heterocycles. The number of aromatic amines is 1. The zero-order chi connectivity index (χ0) is 27.2. The summed E-state index contributed by atoms with van der Waals surface area (Å²) >= 11 is 0. The summed E-state index contributed by atoms with van der Waals surface area (Å²) in [6.07, 6.45) is -5.07. The molecule has 0 saturated carbocycles. The molecule has 3 heterocycles. The van der Waals surface area contributed by atoms with Gasteiger partial charge in [-0.05, 0) is 37.5 Å². The molecular weight excluding hydrogens is 512 g/mol. The number of H-pyrrole nitrogens is 1. The normalized spacial score (nSPS) is 18.9. The number of alkyl halides is 5. The van der Waals surface area contributed by atoms with Crippen molar-refractivity contribution in [2.45, 2.75) is 51.0 Å². The Morgan fingerprint density at radius 1 is 1.08 bits per heavy atom. The highest BCUT2D eigenvalue weighted by molar-refractivity contribution is 5.94. The summed E-state index contributed by atoms with van der Waals surface area (Å²) in [5.41, 5.74) is -0.760. The van der Waals surface area contributed by atoms with E-state index >= 15 is 0 Å². The first kappa shape index (κ1) is 25.9. The van der Waals surface area contributed by atoms with Crippen molar-refractivity contribution in [2.75, 3.05) is 22.9 Å². The van der Waals surface area contributed by atoms with Gasteiger partial charge in [-0.3, -0.25) is 10.00 Å². The Hall–Kier alpha value is -3.70. The molecular formula is C26H25F6N5O. The highest BCUT2D eigenvalue weighted by atomic mass is 19.4. The van der Waals surface area contributed by atoms with Gasteiger partial charge in [0.1, 0.15) is 5.82 Å². The molecule has 3 aromatic rings. The predicted molar refractivity (Wildman–Crippen MR) is 128 cm³/mol. The van der Waals surface area contributed by atoms with Crippen LogP contribution in [0.5, 0.6) is 0 Å². The van der Waals surface area contributed by atoms with E-state index in [2.05, 4.69) is 10.2 Å². The van der Waals surface area contributed by atoms with Crippen LogP contribution >= 0.6 is 0 Å². The van der Waals surface area contributed by atoms with Crippen molar-refractivity contribution in [3.8, 4) is 0 Å². The number of anilines is 2. The molecule has 12 heteroatoms. The molecule has 1 fully saturated rings. The summed E-state index contributed by atoms with van der Waals surface area (Å²) in [5, 5.41) is 6.86. The van der Waals surface area contributed by atoms with Crippen molar-refractivity contribution in [3.63, 3.8) is 0 Å². The maximum Gasteiger partial charge on any atom is 0.416 e. The van der Waals surface area contributed by atoms with Crippen molar-refractivity contribution < 1.29 is 31.1 Å². The summed E-state index contributed by atoms with van der Waals surface area (Å²) in [7, 11) is 0. The molecule has 2 aliphatic rings. The fourth-order valence-corrected chi connectivity index (χ4v) is 5.49. The maximum absolute atomic E-state index is 14.5. The van der Waals surface area contributed by atoms with Crippen molar-refractivity contribution in [1.82, 2.24) is 15.1 Å². The number of hydrogen-bond donors (Lipinski definition) is 1. The van der Waals surface area contributed by atoms with Crippen LogP contribution in [0, 0.1) is 5.82 Å². The Bertz CT molecular complexity index is 1320. The monoisotopic (exact) mass is 537 g/mol. The number of nitrogens with one attached hydrogen (secondary N) is 1. The quantitative estimate of drug-likeness (QED) is 0.370. The average molecular weight is 538 g/mol. The molecule has 202 valence electrons. The van der Waals surface area contributed by atoms with Crippen LogP contribution in [0.25, 0.3) is 0 Å². The highest BCUT2D eigenvalue weighted by Crippen LogP contribution is 2.41. The minimum Gasteiger partial charge on any atom is -0.369 e. The van der Waals surface area contributed by atoms with Gasteiger partial charge in [0.25, 0.3) is 6.43 Å². The van der Waals surface area contributed by atoms with E-state index in [1.807, 2.05) is 6.92 Å². The summed E-state index contributed by atoms with van der Waals surface area (Å²) in [6.45, 7) is 1.95. The zero-order valence-corrected chi connectivity index (χ0v) is 20.4. The lowest BCUT2D eigenvalue weighted by Crippen LogP contribution is -2.55. The Morgan fingerprint density at radius 2 is 1.79 bits per heavy atom. The number of rotatable bonds is 5. The number of fused-ring (bicyclic) bond motifs is 1. The van der Waals surface area contributed by atoms with Gasteiger partial charge in [0, 0.05) is 36.5 Å². The molecule has 0 bridgehead atoms. The second-order valence-corrected chi connectivity index (χ2v) is 9.47. The molecule has 0 spiro atoms. The molecule has 1 N–H and O–H groups in total. The Balaban J connectivity index is 1.40. The van der Waals surface area contributed by atoms with Crippen LogP contribution in [-0.4, -0.2) is 40.3 Å². The molecule has 0 radical (unpaired) electrons. The van der Waals surface area contributed by atoms with E-state index in [0.29, 0.717) is 18.4 Å². The first-order valence-corrected chi connectivity index (χ1v) is 12.2. The predicted octanol–water partition coefficient (Wildman–Crippen LogP) is 6.68. The molecule has 1 saturated heterocycles. The first-order valence-electron chi connectivity index (χ1n) is 12.2. The van der Waals surface area contributed by atoms with E-state index in [4.69, 9.17) is 0 Å². The van der Waals surface area contributed by atoms with Crippen molar-refractivity contribution in [1.29, 1.82) is 0 Å². The van der Waals surface area contributed by atoms with Crippen molar-refractivity contribution in [3.05, 3.63) is 76.7 Å². The third-order valence-corrected chi connectivity index (χ3v) is 7.30. The number of nitrogens with zero attached hydrogens (tertiary/aromatic N) is 4. The molecule has 1 aromatic heterocycles. The van der Waals surface area contributed by atoms with Crippen molar-refractivity contribution in [2.24, 2.45) is 0 Å². The van der Waals surface area contributed by atoms with Crippen LogP contribution in [0.2, 0.25) is 0 Å².